The van der Waals surface area contributed by atoms with Crippen molar-refractivity contribution >= 4 is 0 Å². The average molecular weight is 219 g/mol. The van der Waals surface area contributed by atoms with Gasteiger partial charge >= 0.3 is 0 Å². The van der Waals surface area contributed by atoms with Crippen LogP contribution in [0.2, 0.25) is 0 Å². The van der Waals surface area contributed by atoms with Crippen molar-refractivity contribution < 1.29 is 4.74 Å². The van der Waals surface area contributed by atoms with Crippen molar-refractivity contribution in [1.29, 1.82) is 0 Å². The van der Waals surface area contributed by atoms with Crippen molar-refractivity contribution in [3.05, 3.63) is 29.8 Å². The Balaban J connectivity index is 1.77. The molecule has 0 amide bonds. The molecule has 2 rings (SSSR count). The number of rotatable bonds is 5. The van der Waals surface area contributed by atoms with Crippen LogP contribution in [0.3, 0.4) is 0 Å². The summed E-state index contributed by atoms with van der Waals surface area (Å²) >= 11 is 0. The third-order valence-electron chi connectivity index (χ3n) is 3.22. The number of nitrogens with one attached hydrogen (secondary N) is 1. The summed E-state index contributed by atoms with van der Waals surface area (Å²) < 4.78 is 5.90. The van der Waals surface area contributed by atoms with Gasteiger partial charge in [-0.2, -0.15) is 0 Å². The van der Waals surface area contributed by atoms with E-state index in [4.69, 9.17) is 4.74 Å². The summed E-state index contributed by atoms with van der Waals surface area (Å²) in [6.07, 6.45) is 4.28. The lowest BCUT2D eigenvalue weighted by atomic mass is 9.93. The highest BCUT2D eigenvalue weighted by atomic mass is 16.5. The Hall–Kier alpha value is -1.02. The largest absolute Gasteiger partial charge is 0.489 e. The van der Waals surface area contributed by atoms with Gasteiger partial charge in [0.05, 0.1) is 0 Å². The van der Waals surface area contributed by atoms with Crippen LogP contribution in [0.15, 0.2) is 24.3 Å². The maximum atomic E-state index is 5.90. The first-order chi connectivity index (χ1) is 7.75. The van der Waals surface area contributed by atoms with Gasteiger partial charge in [0.1, 0.15) is 11.9 Å². The third kappa shape index (κ3) is 2.99. The predicted octanol–water partition coefficient (Wildman–Crippen LogP) is 2.90. The van der Waals surface area contributed by atoms with Gasteiger partial charge in [0.25, 0.3) is 0 Å². The van der Waals surface area contributed by atoms with Crippen LogP contribution in [0.25, 0.3) is 0 Å². The van der Waals surface area contributed by atoms with Gasteiger partial charge < -0.3 is 10.1 Å². The van der Waals surface area contributed by atoms with Crippen LogP contribution in [0, 0.1) is 6.92 Å². The van der Waals surface area contributed by atoms with Crippen LogP contribution in [0.5, 0.6) is 5.75 Å². The highest BCUT2D eigenvalue weighted by Gasteiger charge is 2.17. The van der Waals surface area contributed by atoms with Gasteiger partial charge in [0.2, 0.25) is 0 Å². The summed E-state index contributed by atoms with van der Waals surface area (Å²) in [7, 11) is 0. The minimum absolute atomic E-state index is 0.238. The molecule has 1 saturated carbocycles. The van der Waals surface area contributed by atoms with E-state index < -0.39 is 0 Å². The Morgan fingerprint density at radius 1 is 1.38 bits per heavy atom. The summed E-state index contributed by atoms with van der Waals surface area (Å²) in [5.74, 6) is 1.01. The molecule has 88 valence electrons. The van der Waals surface area contributed by atoms with E-state index in [1.165, 1.54) is 24.8 Å². The molecule has 0 bridgehead atoms. The zero-order chi connectivity index (χ0) is 11.4. The van der Waals surface area contributed by atoms with Crippen LogP contribution in [-0.4, -0.2) is 18.7 Å². The van der Waals surface area contributed by atoms with Gasteiger partial charge in [-0.15, -0.1) is 0 Å². The van der Waals surface area contributed by atoms with Crippen molar-refractivity contribution in [2.75, 3.05) is 6.54 Å². The second-order valence-electron chi connectivity index (χ2n) is 4.73. The first-order valence-electron chi connectivity index (χ1n) is 6.21. The molecular weight excluding hydrogens is 198 g/mol. The lowest BCUT2D eigenvalue weighted by molar-refractivity contribution is 0.198. The number of benzene rings is 1. The molecular formula is C14H21NO. The summed E-state index contributed by atoms with van der Waals surface area (Å²) in [4.78, 5) is 0. The quantitative estimate of drug-likeness (QED) is 0.822. The van der Waals surface area contributed by atoms with Gasteiger partial charge in [-0.25, -0.2) is 0 Å². The molecule has 0 spiro atoms. The van der Waals surface area contributed by atoms with Gasteiger partial charge in [0.15, 0.2) is 0 Å². The highest BCUT2D eigenvalue weighted by molar-refractivity contribution is 5.31. The SMILES string of the molecule is Cc1ccccc1OC(C)CNC1CCC1. The Kier molecular flexibility index (Phi) is 3.83. The molecule has 1 aromatic rings. The van der Waals surface area contributed by atoms with Crippen molar-refractivity contribution in [2.24, 2.45) is 0 Å². The van der Waals surface area contributed by atoms with E-state index in [0.29, 0.717) is 0 Å². The molecule has 1 fully saturated rings. The molecule has 0 aliphatic heterocycles. The second-order valence-corrected chi connectivity index (χ2v) is 4.73. The topological polar surface area (TPSA) is 21.3 Å². The maximum absolute atomic E-state index is 5.90. The van der Waals surface area contributed by atoms with Gasteiger partial charge in [-0.3, -0.25) is 0 Å². The molecule has 1 aliphatic carbocycles. The number of hydrogen-bond acceptors (Lipinski definition) is 2. The normalized spacial score (nSPS) is 17.9. The van der Waals surface area contributed by atoms with E-state index in [1.54, 1.807) is 0 Å². The van der Waals surface area contributed by atoms with E-state index in [2.05, 4.69) is 25.2 Å². The summed E-state index contributed by atoms with van der Waals surface area (Å²) in [6, 6.07) is 8.92. The third-order valence-corrected chi connectivity index (χ3v) is 3.22. The zero-order valence-corrected chi connectivity index (χ0v) is 10.2. The Bertz CT molecular complexity index is 333. The number of hydrogen-bond donors (Lipinski definition) is 1. The van der Waals surface area contributed by atoms with Crippen molar-refractivity contribution in [3.8, 4) is 5.75 Å². The standard InChI is InChI=1S/C14H21NO/c1-11-6-3-4-9-14(11)16-12(2)10-15-13-7-5-8-13/h3-4,6,9,12-13,15H,5,7-8,10H2,1-2H3. The fraction of sp³-hybridized carbons (Fsp3) is 0.571. The smallest absolute Gasteiger partial charge is 0.122 e. The van der Waals surface area contributed by atoms with Gasteiger partial charge in [-0.1, -0.05) is 24.6 Å². The first kappa shape index (κ1) is 11.5. The van der Waals surface area contributed by atoms with Crippen LogP contribution in [0.4, 0.5) is 0 Å². The lowest BCUT2D eigenvalue weighted by Gasteiger charge is -2.28. The van der Waals surface area contributed by atoms with Crippen LogP contribution < -0.4 is 10.1 Å². The average Bonchev–Trinajstić information content (AvgIpc) is 2.19. The van der Waals surface area contributed by atoms with Crippen LogP contribution >= 0.6 is 0 Å². The molecule has 1 unspecified atom stereocenters. The summed E-state index contributed by atoms with van der Waals surface area (Å²) in [5.41, 5.74) is 1.21. The molecule has 1 aliphatic rings. The molecule has 16 heavy (non-hydrogen) atoms. The molecule has 0 saturated heterocycles. The number of ether oxygens (including phenoxy) is 1. The van der Waals surface area contributed by atoms with E-state index in [1.807, 2.05) is 18.2 Å². The fourth-order valence-electron chi connectivity index (χ4n) is 1.89. The van der Waals surface area contributed by atoms with Crippen molar-refractivity contribution in [3.63, 3.8) is 0 Å². The summed E-state index contributed by atoms with van der Waals surface area (Å²) in [5, 5.41) is 3.53. The van der Waals surface area contributed by atoms with Crippen LogP contribution in [-0.2, 0) is 0 Å². The minimum atomic E-state index is 0.238. The molecule has 1 atom stereocenters. The van der Waals surface area contributed by atoms with Gasteiger partial charge in [-0.05, 0) is 38.3 Å². The molecule has 0 radical (unpaired) electrons. The maximum Gasteiger partial charge on any atom is 0.122 e. The van der Waals surface area contributed by atoms with Crippen LogP contribution in [0.1, 0.15) is 31.7 Å². The van der Waals surface area contributed by atoms with Crippen molar-refractivity contribution in [2.45, 2.75) is 45.3 Å². The minimum Gasteiger partial charge on any atom is -0.489 e. The van der Waals surface area contributed by atoms with Gasteiger partial charge in [0, 0.05) is 12.6 Å². The van der Waals surface area contributed by atoms with E-state index >= 15 is 0 Å². The molecule has 1 N–H and O–H groups in total. The molecule has 0 aromatic heterocycles. The lowest BCUT2D eigenvalue weighted by Crippen LogP contribution is -2.40. The van der Waals surface area contributed by atoms with E-state index in [-0.39, 0.29) is 6.10 Å². The molecule has 0 heterocycles. The molecule has 1 aromatic carbocycles. The predicted molar refractivity (Wildman–Crippen MR) is 66.9 cm³/mol. The number of para-hydroxylation sites is 1. The zero-order valence-electron chi connectivity index (χ0n) is 10.2. The van der Waals surface area contributed by atoms with E-state index in [0.717, 1.165) is 18.3 Å². The Labute approximate surface area is 98.0 Å². The summed E-state index contributed by atoms with van der Waals surface area (Å²) in [6.45, 7) is 5.15. The van der Waals surface area contributed by atoms with Crippen molar-refractivity contribution in [1.82, 2.24) is 5.32 Å². The number of aryl methyl sites for hydroxylation is 1. The fourth-order valence-corrected chi connectivity index (χ4v) is 1.89. The Morgan fingerprint density at radius 2 is 2.12 bits per heavy atom. The van der Waals surface area contributed by atoms with E-state index in [9.17, 15) is 0 Å². The molecule has 2 nitrogen and oxygen atoms in total. The molecule has 2 heteroatoms. The highest BCUT2D eigenvalue weighted by Crippen LogP contribution is 2.19. The monoisotopic (exact) mass is 219 g/mol. The second kappa shape index (κ2) is 5.35. The Morgan fingerprint density at radius 3 is 2.75 bits per heavy atom. The first-order valence-corrected chi connectivity index (χ1v) is 6.21.